The minimum Gasteiger partial charge on any atom is -0.0851 e. The molecule has 0 saturated heterocycles. The highest BCUT2D eigenvalue weighted by atomic mass is 14.4. The van der Waals surface area contributed by atoms with Crippen molar-refractivity contribution < 1.29 is 0 Å². The van der Waals surface area contributed by atoms with Crippen molar-refractivity contribution in [1.82, 2.24) is 0 Å². The van der Waals surface area contributed by atoms with E-state index in [1.54, 1.807) is 0 Å². The lowest BCUT2D eigenvalue weighted by Crippen LogP contribution is -2.22. The predicted molar refractivity (Wildman–Crippen MR) is 78.4 cm³/mol. The first-order valence-electron chi connectivity index (χ1n) is 8.51. The van der Waals surface area contributed by atoms with Crippen LogP contribution in [0.25, 0.3) is 0 Å². The third-order valence-electron chi connectivity index (χ3n) is 5.93. The van der Waals surface area contributed by atoms with Crippen LogP contribution in [-0.4, -0.2) is 0 Å². The zero-order valence-electron chi connectivity index (χ0n) is 12.1. The van der Waals surface area contributed by atoms with Crippen molar-refractivity contribution in [3.8, 4) is 0 Å². The van der Waals surface area contributed by atoms with Gasteiger partial charge in [0.25, 0.3) is 0 Å². The van der Waals surface area contributed by atoms with E-state index < -0.39 is 0 Å². The molecule has 0 radical (unpaired) electrons. The summed E-state index contributed by atoms with van der Waals surface area (Å²) in [5, 5.41) is 0. The van der Waals surface area contributed by atoms with Gasteiger partial charge in [-0.05, 0) is 61.7 Å². The molecular weight excluding hydrogens is 216 g/mol. The molecule has 3 fully saturated rings. The first-order chi connectivity index (χ1) is 8.83. The normalized spacial score (nSPS) is 42.3. The van der Waals surface area contributed by atoms with E-state index in [2.05, 4.69) is 19.1 Å². The number of allylic oxidation sites excluding steroid dienone is 2. The van der Waals surface area contributed by atoms with E-state index in [0.29, 0.717) is 0 Å². The molecule has 102 valence electrons. The number of rotatable bonds is 2. The Hall–Kier alpha value is -0.260. The summed E-state index contributed by atoms with van der Waals surface area (Å²) >= 11 is 0. The van der Waals surface area contributed by atoms with Gasteiger partial charge in [-0.25, -0.2) is 0 Å². The minimum absolute atomic E-state index is 0.929. The molecule has 0 heteroatoms. The molecule has 3 rings (SSSR count). The third kappa shape index (κ3) is 2.83. The van der Waals surface area contributed by atoms with Crippen molar-refractivity contribution >= 4 is 0 Å². The van der Waals surface area contributed by atoms with Crippen LogP contribution in [0.15, 0.2) is 12.2 Å². The molecule has 0 aliphatic heterocycles. The zero-order valence-corrected chi connectivity index (χ0v) is 12.1. The monoisotopic (exact) mass is 246 g/mol. The lowest BCUT2D eigenvalue weighted by molar-refractivity contribution is 0.218. The molecule has 0 amide bonds. The first kappa shape index (κ1) is 12.8. The molecular formula is C18H30. The maximum atomic E-state index is 2.66. The average Bonchev–Trinajstić information content (AvgIpc) is 2.78. The van der Waals surface area contributed by atoms with Gasteiger partial charge in [-0.1, -0.05) is 51.2 Å². The van der Waals surface area contributed by atoms with Crippen LogP contribution >= 0.6 is 0 Å². The van der Waals surface area contributed by atoms with Gasteiger partial charge in [0.05, 0.1) is 0 Å². The van der Waals surface area contributed by atoms with Crippen LogP contribution in [0, 0.1) is 29.6 Å². The van der Waals surface area contributed by atoms with E-state index in [0.717, 1.165) is 29.6 Å². The fraction of sp³-hybridized carbons (Fsp3) is 0.889. The Balaban J connectivity index is 1.59. The number of hydrogen-bond donors (Lipinski definition) is 0. The summed E-state index contributed by atoms with van der Waals surface area (Å²) in [5.41, 5.74) is 0. The molecule has 4 atom stereocenters. The summed E-state index contributed by atoms with van der Waals surface area (Å²) in [5.74, 6) is 5.00. The molecule has 4 unspecified atom stereocenters. The maximum Gasteiger partial charge on any atom is -0.0202 e. The molecule has 0 bridgehead atoms. The Bertz CT molecular complexity index is 284. The largest absolute Gasteiger partial charge is 0.0851 e. The van der Waals surface area contributed by atoms with E-state index in [4.69, 9.17) is 0 Å². The van der Waals surface area contributed by atoms with Crippen molar-refractivity contribution in [2.24, 2.45) is 29.6 Å². The minimum atomic E-state index is 0.929. The van der Waals surface area contributed by atoms with Gasteiger partial charge in [0.15, 0.2) is 0 Å². The molecule has 0 aromatic rings. The van der Waals surface area contributed by atoms with Crippen molar-refractivity contribution in [1.29, 1.82) is 0 Å². The van der Waals surface area contributed by atoms with E-state index in [9.17, 15) is 0 Å². The maximum absolute atomic E-state index is 2.66. The standard InChI is InChI=1S/C18H30/c1-14-12-17-9-5-8-16(18(17)13-14)11-10-15-6-3-2-4-7-15/h10-11,14-18H,2-9,12-13H2,1H3/b11-10+. The second kappa shape index (κ2) is 5.80. The molecule has 3 saturated carbocycles. The van der Waals surface area contributed by atoms with Crippen LogP contribution in [0.5, 0.6) is 0 Å². The fourth-order valence-electron chi connectivity index (χ4n) is 5.00. The Morgan fingerprint density at radius 2 is 1.61 bits per heavy atom. The van der Waals surface area contributed by atoms with Crippen LogP contribution in [0.1, 0.15) is 71.1 Å². The Kier molecular flexibility index (Phi) is 4.11. The molecule has 0 nitrogen and oxygen atoms in total. The van der Waals surface area contributed by atoms with Gasteiger partial charge in [-0.3, -0.25) is 0 Å². The highest BCUT2D eigenvalue weighted by Crippen LogP contribution is 2.48. The van der Waals surface area contributed by atoms with Gasteiger partial charge in [0.2, 0.25) is 0 Å². The Morgan fingerprint density at radius 1 is 0.778 bits per heavy atom. The molecule has 0 spiro atoms. The molecule has 3 aliphatic rings. The second-order valence-corrected chi connectivity index (χ2v) is 7.38. The van der Waals surface area contributed by atoms with Gasteiger partial charge in [-0.2, -0.15) is 0 Å². The van der Waals surface area contributed by atoms with Crippen LogP contribution in [0.2, 0.25) is 0 Å². The smallest absolute Gasteiger partial charge is 0.0202 e. The average molecular weight is 246 g/mol. The van der Waals surface area contributed by atoms with E-state index in [1.807, 2.05) is 0 Å². The van der Waals surface area contributed by atoms with Crippen LogP contribution in [-0.2, 0) is 0 Å². The predicted octanol–water partition coefficient (Wildman–Crippen LogP) is 5.59. The van der Waals surface area contributed by atoms with Crippen molar-refractivity contribution in [3.05, 3.63) is 12.2 Å². The Morgan fingerprint density at radius 3 is 2.44 bits per heavy atom. The SMILES string of the molecule is CC1CC2CCCC(/C=C/C3CCCCC3)C2C1. The van der Waals surface area contributed by atoms with Crippen LogP contribution < -0.4 is 0 Å². The number of hydrogen-bond acceptors (Lipinski definition) is 0. The van der Waals surface area contributed by atoms with Gasteiger partial charge in [0, 0.05) is 0 Å². The second-order valence-electron chi connectivity index (χ2n) is 7.38. The summed E-state index contributed by atoms with van der Waals surface area (Å²) in [6.45, 7) is 2.47. The van der Waals surface area contributed by atoms with Gasteiger partial charge < -0.3 is 0 Å². The van der Waals surface area contributed by atoms with E-state index in [-0.39, 0.29) is 0 Å². The highest BCUT2D eigenvalue weighted by Gasteiger charge is 2.38. The van der Waals surface area contributed by atoms with Crippen molar-refractivity contribution in [3.63, 3.8) is 0 Å². The van der Waals surface area contributed by atoms with Gasteiger partial charge >= 0.3 is 0 Å². The van der Waals surface area contributed by atoms with Crippen LogP contribution in [0.3, 0.4) is 0 Å². The zero-order chi connectivity index (χ0) is 12.4. The van der Waals surface area contributed by atoms with Crippen molar-refractivity contribution in [2.45, 2.75) is 71.1 Å². The molecule has 0 aromatic heterocycles. The summed E-state index contributed by atoms with van der Waals surface area (Å²) < 4.78 is 0. The van der Waals surface area contributed by atoms with Gasteiger partial charge in [0.1, 0.15) is 0 Å². The molecule has 0 aromatic carbocycles. The fourth-order valence-corrected chi connectivity index (χ4v) is 5.00. The quantitative estimate of drug-likeness (QED) is 0.557. The number of fused-ring (bicyclic) bond motifs is 1. The van der Waals surface area contributed by atoms with Gasteiger partial charge in [-0.15, -0.1) is 0 Å². The van der Waals surface area contributed by atoms with Crippen LogP contribution in [0.4, 0.5) is 0 Å². The van der Waals surface area contributed by atoms with E-state index >= 15 is 0 Å². The third-order valence-corrected chi connectivity index (χ3v) is 5.93. The molecule has 3 aliphatic carbocycles. The Labute approximate surface area is 113 Å². The summed E-state index contributed by atoms with van der Waals surface area (Å²) in [6, 6.07) is 0. The lowest BCUT2D eigenvalue weighted by Gasteiger charge is -2.32. The van der Waals surface area contributed by atoms with E-state index in [1.165, 1.54) is 64.2 Å². The summed E-state index contributed by atoms with van der Waals surface area (Å²) in [7, 11) is 0. The highest BCUT2D eigenvalue weighted by molar-refractivity contribution is 5.01. The summed E-state index contributed by atoms with van der Waals surface area (Å²) in [4.78, 5) is 0. The molecule has 18 heavy (non-hydrogen) atoms. The topological polar surface area (TPSA) is 0 Å². The summed E-state index contributed by atoms with van der Waals surface area (Å²) in [6.07, 6.45) is 20.2. The van der Waals surface area contributed by atoms with Crippen molar-refractivity contribution in [2.75, 3.05) is 0 Å². The lowest BCUT2D eigenvalue weighted by atomic mass is 9.73. The first-order valence-corrected chi connectivity index (χ1v) is 8.51. The molecule has 0 heterocycles. The molecule has 0 N–H and O–H groups in total.